The quantitative estimate of drug-likeness (QED) is 0.722. The standard InChI is InChI=1S/C8H12N6S/c1-5(6-10-2-3-15-6)4-11-8-12-7(9)13-14-8/h2-3,5H,4H2,1H3,(H4,9,11,12,13,14). The summed E-state index contributed by atoms with van der Waals surface area (Å²) in [6.07, 6.45) is 1.81. The lowest BCUT2D eigenvalue weighted by Crippen LogP contribution is -2.10. The van der Waals surface area contributed by atoms with Gasteiger partial charge in [0.15, 0.2) is 0 Å². The fourth-order valence-corrected chi connectivity index (χ4v) is 1.86. The monoisotopic (exact) mass is 224 g/mol. The zero-order valence-electron chi connectivity index (χ0n) is 8.27. The zero-order valence-corrected chi connectivity index (χ0v) is 9.08. The Bertz CT molecular complexity index is 408. The molecule has 0 fully saturated rings. The first-order valence-corrected chi connectivity index (χ1v) is 5.45. The lowest BCUT2D eigenvalue weighted by atomic mass is 10.2. The molecule has 4 N–H and O–H groups in total. The van der Waals surface area contributed by atoms with Crippen molar-refractivity contribution >= 4 is 23.2 Å². The summed E-state index contributed by atoms with van der Waals surface area (Å²) in [4.78, 5) is 8.19. The van der Waals surface area contributed by atoms with Crippen LogP contribution in [0.1, 0.15) is 17.8 Å². The van der Waals surface area contributed by atoms with E-state index in [9.17, 15) is 0 Å². The first kappa shape index (κ1) is 9.91. The Labute approximate surface area is 90.9 Å². The van der Waals surface area contributed by atoms with Crippen molar-refractivity contribution in [2.24, 2.45) is 0 Å². The van der Waals surface area contributed by atoms with E-state index in [-0.39, 0.29) is 0 Å². The zero-order chi connectivity index (χ0) is 10.7. The molecule has 0 aromatic carbocycles. The van der Waals surface area contributed by atoms with Gasteiger partial charge in [0, 0.05) is 24.0 Å². The Morgan fingerprint density at radius 1 is 1.67 bits per heavy atom. The summed E-state index contributed by atoms with van der Waals surface area (Å²) in [6, 6.07) is 0. The number of nitrogen functional groups attached to an aromatic ring is 1. The number of nitrogens with zero attached hydrogens (tertiary/aromatic N) is 3. The van der Waals surface area contributed by atoms with Gasteiger partial charge < -0.3 is 11.1 Å². The van der Waals surface area contributed by atoms with Crippen LogP contribution in [-0.4, -0.2) is 26.7 Å². The SMILES string of the molecule is CC(CNc1n[nH]c(N)n1)c1nccs1. The number of H-pyrrole nitrogens is 1. The van der Waals surface area contributed by atoms with Crippen LogP contribution in [-0.2, 0) is 0 Å². The molecule has 7 heteroatoms. The van der Waals surface area contributed by atoms with Gasteiger partial charge in [-0.05, 0) is 0 Å². The van der Waals surface area contributed by atoms with E-state index in [0.717, 1.165) is 11.6 Å². The number of nitrogens with two attached hydrogens (primary N) is 1. The van der Waals surface area contributed by atoms with E-state index in [2.05, 4.69) is 32.4 Å². The molecule has 0 saturated carbocycles. The highest BCUT2D eigenvalue weighted by atomic mass is 32.1. The van der Waals surface area contributed by atoms with Crippen molar-refractivity contribution in [3.63, 3.8) is 0 Å². The molecule has 2 heterocycles. The molecule has 0 aliphatic heterocycles. The molecule has 15 heavy (non-hydrogen) atoms. The molecule has 0 amide bonds. The summed E-state index contributed by atoms with van der Waals surface area (Å²) in [5, 5.41) is 12.6. The lowest BCUT2D eigenvalue weighted by molar-refractivity contribution is 0.788. The van der Waals surface area contributed by atoms with Crippen LogP contribution in [0.5, 0.6) is 0 Å². The van der Waals surface area contributed by atoms with Crippen LogP contribution in [0, 0.1) is 0 Å². The van der Waals surface area contributed by atoms with E-state index < -0.39 is 0 Å². The van der Waals surface area contributed by atoms with Crippen molar-refractivity contribution in [2.45, 2.75) is 12.8 Å². The van der Waals surface area contributed by atoms with E-state index in [1.54, 1.807) is 17.5 Å². The molecule has 0 bridgehead atoms. The number of anilines is 2. The predicted molar refractivity (Wildman–Crippen MR) is 59.8 cm³/mol. The molecular formula is C8H12N6S. The van der Waals surface area contributed by atoms with Crippen molar-refractivity contribution in [3.05, 3.63) is 16.6 Å². The highest BCUT2D eigenvalue weighted by Crippen LogP contribution is 2.17. The van der Waals surface area contributed by atoms with Gasteiger partial charge in [0.2, 0.25) is 11.9 Å². The van der Waals surface area contributed by atoms with Crippen LogP contribution < -0.4 is 11.1 Å². The van der Waals surface area contributed by atoms with Gasteiger partial charge in [-0.1, -0.05) is 6.92 Å². The highest BCUT2D eigenvalue weighted by molar-refractivity contribution is 7.09. The lowest BCUT2D eigenvalue weighted by Gasteiger charge is -2.07. The number of rotatable bonds is 4. The highest BCUT2D eigenvalue weighted by Gasteiger charge is 2.08. The van der Waals surface area contributed by atoms with Gasteiger partial charge in [-0.3, -0.25) is 0 Å². The smallest absolute Gasteiger partial charge is 0.243 e. The Kier molecular flexibility index (Phi) is 2.82. The summed E-state index contributed by atoms with van der Waals surface area (Å²) < 4.78 is 0. The van der Waals surface area contributed by atoms with Crippen LogP contribution in [0.3, 0.4) is 0 Å². The summed E-state index contributed by atoms with van der Waals surface area (Å²) in [5.74, 6) is 1.18. The van der Waals surface area contributed by atoms with Crippen LogP contribution in [0.15, 0.2) is 11.6 Å². The molecule has 2 aromatic rings. The molecule has 0 saturated heterocycles. The number of thiazole rings is 1. The molecule has 2 rings (SSSR count). The van der Waals surface area contributed by atoms with Gasteiger partial charge in [0.05, 0.1) is 5.01 Å². The minimum atomic E-state index is 0.319. The molecular weight excluding hydrogens is 212 g/mol. The minimum absolute atomic E-state index is 0.319. The first-order valence-electron chi connectivity index (χ1n) is 4.57. The van der Waals surface area contributed by atoms with E-state index in [0.29, 0.717) is 17.8 Å². The fourth-order valence-electron chi connectivity index (χ4n) is 1.16. The molecule has 80 valence electrons. The molecule has 0 aliphatic rings. The third-order valence-electron chi connectivity index (χ3n) is 1.94. The number of aromatic nitrogens is 4. The maximum Gasteiger partial charge on any atom is 0.243 e. The predicted octanol–water partition coefficient (Wildman–Crippen LogP) is 1.06. The topological polar surface area (TPSA) is 92.5 Å². The largest absolute Gasteiger partial charge is 0.368 e. The second-order valence-electron chi connectivity index (χ2n) is 3.20. The second kappa shape index (κ2) is 4.26. The Balaban J connectivity index is 1.88. The third kappa shape index (κ3) is 2.44. The number of aromatic amines is 1. The first-order chi connectivity index (χ1) is 7.25. The van der Waals surface area contributed by atoms with Crippen molar-refractivity contribution in [3.8, 4) is 0 Å². The van der Waals surface area contributed by atoms with E-state index >= 15 is 0 Å². The summed E-state index contributed by atoms with van der Waals surface area (Å²) in [5.41, 5.74) is 5.40. The molecule has 0 radical (unpaired) electrons. The van der Waals surface area contributed by atoms with Crippen LogP contribution in [0.4, 0.5) is 11.9 Å². The van der Waals surface area contributed by atoms with Crippen LogP contribution >= 0.6 is 11.3 Å². The maximum absolute atomic E-state index is 5.40. The molecule has 0 spiro atoms. The van der Waals surface area contributed by atoms with Gasteiger partial charge >= 0.3 is 0 Å². The molecule has 6 nitrogen and oxygen atoms in total. The fraction of sp³-hybridized carbons (Fsp3) is 0.375. The van der Waals surface area contributed by atoms with Gasteiger partial charge in [0.1, 0.15) is 0 Å². The summed E-state index contributed by atoms with van der Waals surface area (Å²) in [6.45, 7) is 2.84. The second-order valence-corrected chi connectivity index (χ2v) is 4.12. The average Bonchev–Trinajstić information content (AvgIpc) is 2.84. The number of hydrogen-bond donors (Lipinski definition) is 3. The van der Waals surface area contributed by atoms with E-state index in [4.69, 9.17) is 5.73 Å². The van der Waals surface area contributed by atoms with Crippen molar-refractivity contribution in [2.75, 3.05) is 17.6 Å². The molecule has 1 atom stereocenters. The van der Waals surface area contributed by atoms with Gasteiger partial charge in [-0.25, -0.2) is 10.1 Å². The Morgan fingerprint density at radius 3 is 3.13 bits per heavy atom. The van der Waals surface area contributed by atoms with Gasteiger partial charge in [-0.15, -0.1) is 16.4 Å². The normalized spacial score (nSPS) is 12.6. The third-order valence-corrected chi connectivity index (χ3v) is 2.95. The number of hydrogen-bond acceptors (Lipinski definition) is 6. The maximum atomic E-state index is 5.40. The van der Waals surface area contributed by atoms with E-state index in [1.807, 2.05) is 5.38 Å². The molecule has 0 aliphatic carbocycles. The Morgan fingerprint density at radius 2 is 2.53 bits per heavy atom. The minimum Gasteiger partial charge on any atom is -0.368 e. The van der Waals surface area contributed by atoms with E-state index in [1.165, 1.54) is 0 Å². The Hall–Kier alpha value is -1.63. The van der Waals surface area contributed by atoms with Crippen molar-refractivity contribution < 1.29 is 0 Å². The summed E-state index contributed by atoms with van der Waals surface area (Å²) >= 11 is 1.65. The van der Waals surface area contributed by atoms with Crippen LogP contribution in [0.2, 0.25) is 0 Å². The number of nitrogens with one attached hydrogen (secondary N) is 2. The van der Waals surface area contributed by atoms with Crippen LogP contribution in [0.25, 0.3) is 0 Å². The molecule has 2 aromatic heterocycles. The van der Waals surface area contributed by atoms with Gasteiger partial charge in [0.25, 0.3) is 0 Å². The summed E-state index contributed by atoms with van der Waals surface area (Å²) in [7, 11) is 0. The molecule has 1 unspecified atom stereocenters. The van der Waals surface area contributed by atoms with Crippen molar-refractivity contribution in [1.29, 1.82) is 0 Å². The van der Waals surface area contributed by atoms with Crippen molar-refractivity contribution in [1.82, 2.24) is 20.2 Å². The average molecular weight is 224 g/mol. The van der Waals surface area contributed by atoms with Gasteiger partial charge in [-0.2, -0.15) is 4.98 Å².